The van der Waals surface area contributed by atoms with E-state index in [4.69, 9.17) is 5.11 Å². The lowest BCUT2D eigenvalue weighted by molar-refractivity contribution is 0.222. The van der Waals surface area contributed by atoms with E-state index < -0.39 is 0 Å². The third-order valence-corrected chi connectivity index (χ3v) is 4.39. The van der Waals surface area contributed by atoms with Crippen LogP contribution in [0.4, 0.5) is 10.1 Å². The first kappa shape index (κ1) is 14.3. The zero-order valence-electron chi connectivity index (χ0n) is 12.1. The highest BCUT2D eigenvalue weighted by Crippen LogP contribution is 2.37. The second-order valence-corrected chi connectivity index (χ2v) is 6.48. The Labute approximate surface area is 115 Å². The summed E-state index contributed by atoms with van der Waals surface area (Å²) in [6, 6.07) is 5.30. The molecule has 0 heterocycles. The molecular formula is C16H24FNO. The fraction of sp³-hybridized carbons (Fsp3) is 0.625. The average molecular weight is 265 g/mol. The Morgan fingerprint density at radius 1 is 1.26 bits per heavy atom. The molecule has 0 amide bonds. The number of anilines is 1. The second-order valence-electron chi connectivity index (χ2n) is 6.48. The number of hydrogen-bond donors (Lipinski definition) is 1. The molecule has 19 heavy (non-hydrogen) atoms. The largest absolute Gasteiger partial charge is 0.392 e. The van der Waals surface area contributed by atoms with Crippen molar-refractivity contribution in [2.45, 2.75) is 52.2 Å². The lowest BCUT2D eigenvalue weighted by Gasteiger charge is -2.39. The number of hydrogen-bond acceptors (Lipinski definition) is 2. The van der Waals surface area contributed by atoms with Gasteiger partial charge in [0.15, 0.2) is 0 Å². The Morgan fingerprint density at radius 2 is 1.89 bits per heavy atom. The van der Waals surface area contributed by atoms with Crippen LogP contribution in [0.5, 0.6) is 0 Å². The lowest BCUT2D eigenvalue weighted by Crippen LogP contribution is -2.37. The third kappa shape index (κ3) is 3.47. The summed E-state index contributed by atoms with van der Waals surface area (Å²) in [5.74, 6) is -0.274. The molecule has 0 radical (unpaired) electrons. The van der Waals surface area contributed by atoms with Gasteiger partial charge in [0.25, 0.3) is 0 Å². The van der Waals surface area contributed by atoms with Gasteiger partial charge >= 0.3 is 0 Å². The summed E-state index contributed by atoms with van der Waals surface area (Å²) in [5, 5.41) is 9.16. The topological polar surface area (TPSA) is 23.5 Å². The van der Waals surface area contributed by atoms with Gasteiger partial charge in [-0.1, -0.05) is 13.8 Å². The maximum atomic E-state index is 13.5. The van der Waals surface area contributed by atoms with Crippen LogP contribution in [0.2, 0.25) is 0 Å². The molecule has 0 unspecified atom stereocenters. The Bertz CT molecular complexity index is 434. The zero-order chi connectivity index (χ0) is 14.0. The van der Waals surface area contributed by atoms with Crippen molar-refractivity contribution in [3.8, 4) is 0 Å². The minimum absolute atomic E-state index is 0.115. The molecule has 2 nitrogen and oxygen atoms in total. The van der Waals surface area contributed by atoms with E-state index in [1.54, 1.807) is 6.07 Å². The Balaban J connectivity index is 2.11. The number of benzene rings is 1. The molecule has 0 bridgehead atoms. The van der Waals surface area contributed by atoms with E-state index in [1.165, 1.54) is 18.9 Å². The summed E-state index contributed by atoms with van der Waals surface area (Å²) in [7, 11) is 2.03. The van der Waals surface area contributed by atoms with E-state index in [0.29, 0.717) is 17.0 Å². The molecule has 1 aliphatic rings. The van der Waals surface area contributed by atoms with E-state index in [9.17, 15) is 4.39 Å². The van der Waals surface area contributed by atoms with Crippen LogP contribution < -0.4 is 4.90 Å². The number of nitrogens with zero attached hydrogens (tertiary/aromatic N) is 1. The quantitative estimate of drug-likeness (QED) is 0.900. The predicted molar refractivity (Wildman–Crippen MR) is 76.8 cm³/mol. The van der Waals surface area contributed by atoms with Crippen LogP contribution in [0.25, 0.3) is 0 Å². The fourth-order valence-electron chi connectivity index (χ4n) is 2.91. The Kier molecular flexibility index (Phi) is 4.14. The first-order chi connectivity index (χ1) is 8.91. The number of aliphatic hydroxyl groups excluding tert-OH is 1. The van der Waals surface area contributed by atoms with E-state index in [1.807, 2.05) is 13.1 Å². The van der Waals surface area contributed by atoms with Gasteiger partial charge in [0.1, 0.15) is 5.82 Å². The summed E-state index contributed by atoms with van der Waals surface area (Å²) in [6.07, 6.45) is 4.72. The van der Waals surface area contributed by atoms with Gasteiger partial charge < -0.3 is 10.0 Å². The molecule has 2 rings (SSSR count). The van der Waals surface area contributed by atoms with Crippen LogP contribution in [-0.4, -0.2) is 18.2 Å². The molecule has 1 aromatic carbocycles. The molecule has 106 valence electrons. The van der Waals surface area contributed by atoms with Crippen LogP contribution in [0.3, 0.4) is 0 Å². The van der Waals surface area contributed by atoms with E-state index in [0.717, 1.165) is 18.5 Å². The van der Waals surface area contributed by atoms with Crippen LogP contribution in [-0.2, 0) is 6.61 Å². The van der Waals surface area contributed by atoms with Gasteiger partial charge in [-0.2, -0.15) is 0 Å². The molecule has 1 fully saturated rings. The third-order valence-electron chi connectivity index (χ3n) is 4.39. The van der Waals surface area contributed by atoms with Crippen molar-refractivity contribution in [2.75, 3.05) is 11.9 Å². The van der Waals surface area contributed by atoms with E-state index in [-0.39, 0.29) is 12.4 Å². The number of halogens is 1. The van der Waals surface area contributed by atoms with E-state index >= 15 is 0 Å². The van der Waals surface area contributed by atoms with Gasteiger partial charge in [0, 0.05) is 18.8 Å². The first-order valence-corrected chi connectivity index (χ1v) is 7.04. The summed E-state index contributed by atoms with van der Waals surface area (Å²) >= 11 is 0. The molecule has 1 saturated carbocycles. The Morgan fingerprint density at radius 3 is 2.47 bits per heavy atom. The average Bonchev–Trinajstić information content (AvgIpc) is 2.37. The van der Waals surface area contributed by atoms with Gasteiger partial charge in [-0.05, 0) is 54.9 Å². The lowest BCUT2D eigenvalue weighted by atomic mass is 9.75. The van der Waals surface area contributed by atoms with Crippen LogP contribution in [0.15, 0.2) is 18.2 Å². The van der Waals surface area contributed by atoms with Gasteiger partial charge in [0.05, 0.1) is 6.61 Å². The molecule has 0 atom stereocenters. The summed E-state index contributed by atoms with van der Waals surface area (Å²) in [6.45, 7) is 4.51. The van der Waals surface area contributed by atoms with Crippen molar-refractivity contribution >= 4 is 5.69 Å². The van der Waals surface area contributed by atoms with Gasteiger partial charge in [0.2, 0.25) is 0 Å². The number of aliphatic hydroxyl groups is 1. The summed E-state index contributed by atoms with van der Waals surface area (Å²) in [5.41, 5.74) is 1.95. The van der Waals surface area contributed by atoms with Crippen molar-refractivity contribution in [1.82, 2.24) is 0 Å². The molecular weight excluding hydrogens is 241 g/mol. The minimum Gasteiger partial charge on any atom is -0.392 e. The monoisotopic (exact) mass is 265 g/mol. The van der Waals surface area contributed by atoms with Crippen molar-refractivity contribution in [3.05, 3.63) is 29.6 Å². The minimum atomic E-state index is -0.274. The predicted octanol–water partition coefficient (Wildman–Crippen LogP) is 3.72. The van der Waals surface area contributed by atoms with Crippen LogP contribution >= 0.6 is 0 Å². The normalized spacial score (nSPS) is 19.4. The van der Waals surface area contributed by atoms with Crippen molar-refractivity contribution in [1.29, 1.82) is 0 Å². The van der Waals surface area contributed by atoms with Crippen molar-refractivity contribution < 1.29 is 9.50 Å². The standard InChI is InChI=1S/C16H24FNO/c1-16(2)6-4-14(5-7-16)18(3)15-9-12(11-19)8-13(17)10-15/h8-10,14,19H,4-7,11H2,1-3H3. The van der Waals surface area contributed by atoms with E-state index in [2.05, 4.69) is 18.7 Å². The second kappa shape index (κ2) is 5.49. The molecule has 0 aliphatic heterocycles. The smallest absolute Gasteiger partial charge is 0.125 e. The molecule has 0 saturated heterocycles. The zero-order valence-corrected chi connectivity index (χ0v) is 12.1. The van der Waals surface area contributed by atoms with Gasteiger partial charge in [-0.15, -0.1) is 0 Å². The maximum Gasteiger partial charge on any atom is 0.125 e. The summed E-state index contributed by atoms with van der Waals surface area (Å²) in [4.78, 5) is 2.16. The van der Waals surface area contributed by atoms with Crippen LogP contribution in [0.1, 0.15) is 45.1 Å². The molecule has 0 spiro atoms. The van der Waals surface area contributed by atoms with Crippen molar-refractivity contribution in [3.63, 3.8) is 0 Å². The Hall–Kier alpha value is -1.09. The van der Waals surface area contributed by atoms with Crippen molar-refractivity contribution in [2.24, 2.45) is 5.41 Å². The molecule has 0 aromatic heterocycles. The first-order valence-electron chi connectivity index (χ1n) is 7.04. The van der Waals surface area contributed by atoms with Crippen LogP contribution in [0, 0.1) is 11.2 Å². The summed E-state index contributed by atoms with van der Waals surface area (Å²) < 4.78 is 13.5. The maximum absolute atomic E-state index is 13.5. The highest BCUT2D eigenvalue weighted by atomic mass is 19.1. The number of rotatable bonds is 3. The van der Waals surface area contributed by atoms with Gasteiger partial charge in [-0.25, -0.2) is 4.39 Å². The fourth-order valence-corrected chi connectivity index (χ4v) is 2.91. The SMILES string of the molecule is CN(c1cc(F)cc(CO)c1)C1CCC(C)(C)CC1. The highest BCUT2D eigenvalue weighted by Gasteiger charge is 2.29. The molecule has 1 N–H and O–H groups in total. The molecule has 3 heteroatoms. The molecule has 1 aliphatic carbocycles. The van der Waals surface area contributed by atoms with Gasteiger partial charge in [-0.3, -0.25) is 0 Å². The molecule has 1 aromatic rings. The highest BCUT2D eigenvalue weighted by molar-refractivity contribution is 5.49.